The van der Waals surface area contributed by atoms with E-state index in [4.69, 9.17) is 0 Å². The van der Waals surface area contributed by atoms with Crippen LogP contribution in [0.1, 0.15) is 83.6 Å². The first kappa shape index (κ1) is 25.1. The minimum absolute atomic E-state index is 0.0292. The molecule has 0 heterocycles. The molecule has 0 radical (unpaired) electrons. The first-order chi connectivity index (χ1) is 12.5. The first-order valence-corrected chi connectivity index (χ1v) is 11.1. The molecule has 6 heteroatoms. The summed E-state index contributed by atoms with van der Waals surface area (Å²) >= 11 is 0. The third-order valence-corrected chi connectivity index (χ3v) is 4.17. The summed E-state index contributed by atoms with van der Waals surface area (Å²) < 4.78 is 31.8. The highest BCUT2D eigenvalue weighted by molar-refractivity contribution is 7.80. The van der Waals surface area contributed by atoms with Crippen molar-refractivity contribution in [3.8, 4) is 0 Å². The molecule has 0 spiro atoms. The van der Waals surface area contributed by atoms with Gasteiger partial charge in [0.1, 0.15) is 0 Å². The summed E-state index contributed by atoms with van der Waals surface area (Å²) in [4.78, 5) is 3.80. The Morgan fingerprint density at radius 3 is 1.73 bits per heavy atom. The molecule has 0 saturated heterocycles. The zero-order chi connectivity index (χ0) is 19.5. The number of rotatable bonds is 14. The maximum absolute atomic E-state index is 9.49. The van der Waals surface area contributed by atoms with Gasteiger partial charge in [0.15, 0.2) is 0 Å². The quantitative estimate of drug-likeness (QED) is 0.137. The van der Waals surface area contributed by atoms with Gasteiger partial charge in [0, 0.05) is 0 Å². The third-order valence-electron chi connectivity index (χ3n) is 3.91. The molecular weight excluding hydrogens is 352 g/mol. The normalized spacial score (nSPS) is 11.0. The van der Waals surface area contributed by atoms with Gasteiger partial charge in [0.25, 0.3) is 0 Å². The fourth-order valence-corrected chi connectivity index (χ4v) is 2.78. The number of benzene rings is 1. The second kappa shape index (κ2) is 17.5. The minimum Gasteiger partial charge on any atom is -0.724 e. The summed E-state index contributed by atoms with van der Waals surface area (Å²) in [5.41, 5.74) is 1.50. The predicted octanol–water partition coefficient (Wildman–Crippen LogP) is 5.56. The largest absolute Gasteiger partial charge is 0.724 e. The molecule has 0 amide bonds. The highest BCUT2D eigenvalue weighted by Gasteiger charge is 1.94. The van der Waals surface area contributed by atoms with Gasteiger partial charge in [-0.15, -0.1) is 4.33 Å². The van der Waals surface area contributed by atoms with Crippen LogP contribution in [0, 0.1) is 0 Å². The maximum Gasteiger partial charge on any atom is 0.245 e. The second-order valence-corrected chi connectivity index (χ2v) is 7.25. The Bertz CT molecular complexity index is 502. The molecule has 0 aromatic heterocycles. The first-order valence-electron chi connectivity index (χ1n) is 9.80. The van der Waals surface area contributed by atoms with Gasteiger partial charge in [-0.25, -0.2) is 13.3 Å². The Kier molecular flexibility index (Phi) is 16.8. The van der Waals surface area contributed by atoms with Crippen LogP contribution in [0.25, 0.3) is 0 Å². The average Bonchev–Trinajstić information content (AvgIpc) is 2.62. The molecule has 1 aromatic carbocycles. The molecule has 0 atom stereocenters. The van der Waals surface area contributed by atoms with Crippen molar-refractivity contribution in [2.45, 2.75) is 84.5 Å². The van der Waals surface area contributed by atoms with Crippen molar-refractivity contribution < 1.29 is 22.2 Å². The standard InChI is InChI=1S/C18H30.C2H6O5S/c1-2-3-4-5-6-7-8-9-10-12-15-18-16-13-11-14-17-18;1-2-6-7-8(3,4)5/h11,13-14,16-17H,2-10,12,15H2,1H3;2H2,1H3,(H,3,4,5)/p-1. The van der Waals surface area contributed by atoms with Gasteiger partial charge >= 0.3 is 0 Å². The highest BCUT2D eigenvalue weighted by atomic mass is 32.3. The van der Waals surface area contributed by atoms with E-state index in [9.17, 15) is 13.0 Å². The lowest BCUT2D eigenvalue weighted by molar-refractivity contribution is -0.203. The van der Waals surface area contributed by atoms with Gasteiger partial charge in [0.2, 0.25) is 10.4 Å². The average molecular weight is 388 g/mol. The summed E-state index contributed by atoms with van der Waals surface area (Å²) in [6, 6.07) is 10.9. The van der Waals surface area contributed by atoms with E-state index in [1.54, 1.807) is 0 Å². The summed E-state index contributed by atoms with van der Waals surface area (Å²) in [5, 5.41) is 0. The lowest BCUT2D eigenvalue weighted by Gasteiger charge is -2.03. The van der Waals surface area contributed by atoms with Gasteiger partial charge in [-0.05, 0) is 25.3 Å². The number of hydrogen-bond donors (Lipinski definition) is 0. The fourth-order valence-electron chi connectivity index (χ4n) is 2.57. The van der Waals surface area contributed by atoms with Crippen LogP contribution in [-0.4, -0.2) is 19.6 Å². The van der Waals surface area contributed by atoms with E-state index in [0.29, 0.717) is 0 Å². The van der Waals surface area contributed by atoms with Crippen molar-refractivity contribution in [1.82, 2.24) is 0 Å². The van der Waals surface area contributed by atoms with E-state index >= 15 is 0 Å². The van der Waals surface area contributed by atoms with Gasteiger partial charge in [-0.2, -0.15) is 0 Å². The molecule has 152 valence electrons. The summed E-state index contributed by atoms with van der Waals surface area (Å²) in [7, 11) is -4.66. The Labute approximate surface area is 160 Å². The van der Waals surface area contributed by atoms with Crippen LogP contribution in [0.15, 0.2) is 30.3 Å². The number of hydrogen-bond acceptors (Lipinski definition) is 5. The van der Waals surface area contributed by atoms with Crippen LogP contribution in [0.4, 0.5) is 0 Å². The van der Waals surface area contributed by atoms with Crippen LogP contribution < -0.4 is 0 Å². The second-order valence-electron chi connectivity index (χ2n) is 6.30. The summed E-state index contributed by atoms with van der Waals surface area (Å²) in [6.07, 6.45) is 15.5. The molecule has 0 unspecified atom stereocenters. The summed E-state index contributed by atoms with van der Waals surface area (Å²) in [5.74, 6) is 0. The smallest absolute Gasteiger partial charge is 0.245 e. The van der Waals surface area contributed by atoms with Crippen LogP contribution in [-0.2, 0) is 26.0 Å². The molecule has 1 aromatic rings. The number of unbranched alkanes of at least 4 members (excludes halogenated alkanes) is 9. The summed E-state index contributed by atoms with van der Waals surface area (Å²) in [6.45, 7) is 3.80. The molecule has 0 aliphatic rings. The van der Waals surface area contributed by atoms with Crippen LogP contribution in [0.3, 0.4) is 0 Å². The molecule has 1 rings (SSSR count). The molecule has 0 aliphatic heterocycles. The monoisotopic (exact) mass is 387 g/mol. The van der Waals surface area contributed by atoms with E-state index in [0.717, 1.165) is 0 Å². The van der Waals surface area contributed by atoms with Gasteiger partial charge < -0.3 is 4.55 Å². The molecule has 26 heavy (non-hydrogen) atoms. The Morgan fingerprint density at radius 1 is 0.808 bits per heavy atom. The van der Waals surface area contributed by atoms with Gasteiger partial charge in [-0.3, -0.25) is 0 Å². The molecular formula is C20H35O5S-. The zero-order valence-electron chi connectivity index (χ0n) is 16.3. The molecule has 0 saturated carbocycles. The molecule has 0 aliphatic carbocycles. The fraction of sp³-hybridized carbons (Fsp3) is 0.700. The van der Waals surface area contributed by atoms with E-state index < -0.39 is 10.4 Å². The molecule has 0 fully saturated rings. The maximum atomic E-state index is 9.49. The van der Waals surface area contributed by atoms with Crippen molar-refractivity contribution in [2.75, 3.05) is 6.61 Å². The lowest BCUT2D eigenvalue weighted by Crippen LogP contribution is -2.04. The van der Waals surface area contributed by atoms with Crippen LogP contribution in [0.2, 0.25) is 0 Å². The Morgan fingerprint density at radius 2 is 1.31 bits per heavy atom. The van der Waals surface area contributed by atoms with Crippen molar-refractivity contribution in [3.63, 3.8) is 0 Å². The lowest BCUT2D eigenvalue weighted by atomic mass is 10.0. The Balaban J connectivity index is 0.000000660. The zero-order valence-corrected chi connectivity index (χ0v) is 17.1. The van der Waals surface area contributed by atoms with E-state index in [1.165, 1.54) is 83.1 Å². The van der Waals surface area contributed by atoms with E-state index in [1.807, 2.05) is 0 Å². The van der Waals surface area contributed by atoms with E-state index in [-0.39, 0.29) is 6.61 Å². The van der Waals surface area contributed by atoms with Crippen molar-refractivity contribution in [2.24, 2.45) is 0 Å². The molecule has 0 N–H and O–H groups in total. The van der Waals surface area contributed by atoms with Crippen molar-refractivity contribution in [1.29, 1.82) is 0 Å². The number of aryl methyl sites for hydroxylation is 1. The Hall–Kier alpha value is -0.950. The van der Waals surface area contributed by atoms with Gasteiger partial charge in [0.05, 0.1) is 6.61 Å². The SMILES string of the molecule is CCCCCCCCCCCCc1ccccc1.CCOOS(=O)(=O)[O-]. The predicted molar refractivity (Wildman–Crippen MR) is 104 cm³/mol. The van der Waals surface area contributed by atoms with Crippen LogP contribution in [0.5, 0.6) is 0 Å². The minimum atomic E-state index is -4.66. The molecule has 0 bridgehead atoms. The van der Waals surface area contributed by atoms with Crippen molar-refractivity contribution >= 4 is 10.4 Å². The van der Waals surface area contributed by atoms with Crippen LogP contribution >= 0.6 is 0 Å². The van der Waals surface area contributed by atoms with Crippen molar-refractivity contribution in [3.05, 3.63) is 35.9 Å². The molecule has 5 nitrogen and oxygen atoms in total. The van der Waals surface area contributed by atoms with E-state index in [2.05, 4.69) is 46.5 Å². The topological polar surface area (TPSA) is 75.7 Å². The highest BCUT2D eigenvalue weighted by Crippen LogP contribution is 2.12. The third kappa shape index (κ3) is 19.4. The van der Waals surface area contributed by atoms with Gasteiger partial charge in [-0.1, -0.05) is 95.0 Å².